The number of nitrogens with zero attached hydrogens (tertiary/aromatic N) is 3. The predicted octanol–water partition coefficient (Wildman–Crippen LogP) is 5.50. The molecular formula is C28H38N4O2S. The zero-order valence-electron chi connectivity index (χ0n) is 21.7. The van der Waals surface area contributed by atoms with Gasteiger partial charge in [0.05, 0.1) is 11.9 Å². The number of aryl methyl sites for hydroxylation is 4. The van der Waals surface area contributed by atoms with Gasteiger partial charge in [0.2, 0.25) is 5.91 Å². The van der Waals surface area contributed by atoms with Gasteiger partial charge in [0.1, 0.15) is 16.7 Å². The number of carbonyl (C=O) groups is 1. The van der Waals surface area contributed by atoms with E-state index in [4.69, 9.17) is 4.98 Å². The number of anilines is 1. The number of aromatic nitrogens is 2. The highest BCUT2D eigenvalue weighted by Gasteiger charge is 2.27. The Morgan fingerprint density at radius 2 is 1.77 bits per heavy atom. The van der Waals surface area contributed by atoms with Crippen LogP contribution in [0.3, 0.4) is 0 Å². The van der Waals surface area contributed by atoms with Gasteiger partial charge in [0.25, 0.3) is 5.56 Å². The van der Waals surface area contributed by atoms with Crippen molar-refractivity contribution in [2.45, 2.75) is 85.7 Å². The Morgan fingerprint density at radius 1 is 1.11 bits per heavy atom. The van der Waals surface area contributed by atoms with Crippen LogP contribution in [0, 0.1) is 0 Å². The number of thiophene rings is 1. The number of benzene rings is 1. The molecule has 6 nitrogen and oxygen atoms in total. The lowest BCUT2D eigenvalue weighted by molar-refractivity contribution is -0.119. The Labute approximate surface area is 212 Å². The van der Waals surface area contributed by atoms with E-state index < -0.39 is 6.04 Å². The Morgan fingerprint density at radius 3 is 2.40 bits per heavy atom. The average molecular weight is 495 g/mol. The average Bonchev–Trinajstić information content (AvgIpc) is 3.25. The van der Waals surface area contributed by atoms with Crippen LogP contribution in [-0.4, -0.2) is 33.4 Å². The van der Waals surface area contributed by atoms with Crippen molar-refractivity contribution in [3.8, 4) is 0 Å². The van der Waals surface area contributed by atoms with Gasteiger partial charge >= 0.3 is 0 Å². The Bertz CT molecular complexity index is 1250. The molecule has 1 aliphatic rings. The summed E-state index contributed by atoms with van der Waals surface area (Å²) in [4.78, 5) is 37.0. The monoisotopic (exact) mass is 494 g/mol. The van der Waals surface area contributed by atoms with E-state index in [0.29, 0.717) is 12.4 Å². The van der Waals surface area contributed by atoms with E-state index in [9.17, 15) is 9.59 Å². The standard InChI is InChI=1S/C28H38N4O2S/c1-6-19-13-12-14-20(7-2)25(19)30-26(33)18(5)32-23(17-31(8-3)9-4)29-27-24(28(32)34)21-15-10-11-16-22(21)35-27/h12-14,18H,6-11,15-17H2,1-5H3,(H,30,33). The number of carbonyl (C=O) groups excluding carboxylic acids is 1. The second-order valence-corrected chi connectivity index (χ2v) is 10.5. The van der Waals surface area contributed by atoms with Crippen LogP contribution in [0.5, 0.6) is 0 Å². The second kappa shape index (κ2) is 11.0. The van der Waals surface area contributed by atoms with E-state index in [1.165, 1.54) is 4.88 Å². The van der Waals surface area contributed by atoms with Crippen molar-refractivity contribution in [1.29, 1.82) is 0 Å². The molecule has 0 bridgehead atoms. The highest BCUT2D eigenvalue weighted by atomic mass is 32.1. The third-order valence-electron chi connectivity index (χ3n) is 7.37. The Kier molecular flexibility index (Phi) is 8.07. The zero-order valence-corrected chi connectivity index (χ0v) is 22.6. The molecule has 2 aromatic heterocycles. The molecule has 1 N–H and O–H groups in total. The molecule has 1 unspecified atom stereocenters. The molecule has 1 atom stereocenters. The summed E-state index contributed by atoms with van der Waals surface area (Å²) in [6.07, 6.45) is 5.87. The maximum atomic E-state index is 14.0. The first kappa shape index (κ1) is 25.6. The SMILES string of the molecule is CCc1cccc(CC)c1NC(=O)C(C)n1c(CN(CC)CC)nc2sc3c(c2c1=O)CCCC3. The number of para-hydroxylation sites is 1. The molecule has 0 saturated carbocycles. The molecular weight excluding hydrogens is 456 g/mol. The van der Waals surface area contributed by atoms with E-state index >= 15 is 0 Å². The van der Waals surface area contributed by atoms with Gasteiger partial charge in [-0.15, -0.1) is 11.3 Å². The molecule has 0 spiro atoms. The van der Waals surface area contributed by atoms with Crippen LogP contribution in [0.25, 0.3) is 10.2 Å². The van der Waals surface area contributed by atoms with Crippen LogP contribution >= 0.6 is 11.3 Å². The largest absolute Gasteiger partial charge is 0.324 e. The van der Waals surface area contributed by atoms with Crippen LogP contribution in [-0.2, 0) is 37.0 Å². The van der Waals surface area contributed by atoms with Gasteiger partial charge in [-0.25, -0.2) is 4.98 Å². The summed E-state index contributed by atoms with van der Waals surface area (Å²) in [6, 6.07) is 5.49. The topological polar surface area (TPSA) is 67.2 Å². The summed E-state index contributed by atoms with van der Waals surface area (Å²) in [5, 5.41) is 3.91. The van der Waals surface area contributed by atoms with Crippen molar-refractivity contribution < 1.29 is 4.79 Å². The molecule has 0 saturated heterocycles. The normalized spacial score (nSPS) is 14.3. The number of hydrogen-bond donors (Lipinski definition) is 1. The summed E-state index contributed by atoms with van der Waals surface area (Å²) >= 11 is 1.67. The third kappa shape index (κ3) is 4.94. The highest BCUT2D eigenvalue weighted by Crippen LogP contribution is 2.34. The van der Waals surface area contributed by atoms with E-state index in [1.54, 1.807) is 15.9 Å². The molecule has 35 heavy (non-hydrogen) atoms. The molecule has 3 aromatic rings. The summed E-state index contributed by atoms with van der Waals surface area (Å²) in [7, 11) is 0. The fourth-order valence-corrected chi connectivity index (χ4v) is 6.44. The van der Waals surface area contributed by atoms with Gasteiger partial charge in [-0.1, -0.05) is 45.9 Å². The van der Waals surface area contributed by atoms with Crippen molar-refractivity contribution >= 4 is 33.1 Å². The molecule has 2 heterocycles. The van der Waals surface area contributed by atoms with Crippen molar-refractivity contribution in [2.24, 2.45) is 0 Å². The molecule has 188 valence electrons. The summed E-state index contributed by atoms with van der Waals surface area (Å²) in [5.41, 5.74) is 4.20. The number of hydrogen-bond acceptors (Lipinski definition) is 5. The maximum absolute atomic E-state index is 14.0. The Balaban J connectivity index is 1.81. The van der Waals surface area contributed by atoms with Gasteiger partial charge in [-0.3, -0.25) is 19.1 Å². The maximum Gasteiger partial charge on any atom is 0.263 e. The first-order valence-corrected chi connectivity index (χ1v) is 13.9. The number of rotatable bonds is 9. The lowest BCUT2D eigenvalue weighted by atomic mass is 9.97. The Hall–Kier alpha value is -2.51. The smallest absolute Gasteiger partial charge is 0.263 e. The lowest BCUT2D eigenvalue weighted by Crippen LogP contribution is -2.37. The minimum absolute atomic E-state index is 0.0707. The molecule has 0 fully saturated rings. The third-order valence-corrected chi connectivity index (χ3v) is 8.55. The van der Waals surface area contributed by atoms with Crippen LogP contribution in [0.1, 0.15) is 80.9 Å². The van der Waals surface area contributed by atoms with Gasteiger partial charge in [0.15, 0.2) is 0 Å². The first-order valence-electron chi connectivity index (χ1n) is 13.1. The first-order chi connectivity index (χ1) is 16.9. The summed E-state index contributed by atoms with van der Waals surface area (Å²) in [5.74, 6) is 0.501. The van der Waals surface area contributed by atoms with Crippen molar-refractivity contribution in [3.63, 3.8) is 0 Å². The fraction of sp³-hybridized carbons (Fsp3) is 0.536. The zero-order chi connectivity index (χ0) is 25.1. The highest BCUT2D eigenvalue weighted by molar-refractivity contribution is 7.18. The number of nitrogens with one attached hydrogen (secondary N) is 1. The molecule has 1 aromatic carbocycles. The molecule has 0 aliphatic heterocycles. The van der Waals surface area contributed by atoms with Crippen LogP contribution in [0.2, 0.25) is 0 Å². The minimum atomic E-state index is -0.668. The van der Waals surface area contributed by atoms with E-state index in [2.05, 4.69) is 50.0 Å². The summed E-state index contributed by atoms with van der Waals surface area (Å²) in [6.45, 7) is 12.5. The van der Waals surface area contributed by atoms with Crippen LogP contribution < -0.4 is 10.9 Å². The van der Waals surface area contributed by atoms with Crippen LogP contribution in [0.4, 0.5) is 5.69 Å². The van der Waals surface area contributed by atoms with Gasteiger partial charge < -0.3 is 5.32 Å². The van der Waals surface area contributed by atoms with Crippen molar-refractivity contribution in [2.75, 3.05) is 18.4 Å². The van der Waals surface area contributed by atoms with E-state index in [0.717, 1.165) is 84.2 Å². The number of amides is 1. The summed E-state index contributed by atoms with van der Waals surface area (Å²) < 4.78 is 1.66. The molecule has 1 amide bonds. The molecule has 7 heteroatoms. The van der Waals surface area contributed by atoms with Crippen molar-refractivity contribution in [3.05, 3.63) is 55.9 Å². The van der Waals surface area contributed by atoms with Crippen LogP contribution in [0.15, 0.2) is 23.0 Å². The number of fused-ring (bicyclic) bond motifs is 3. The molecule has 0 radical (unpaired) electrons. The van der Waals surface area contributed by atoms with E-state index in [-0.39, 0.29) is 11.5 Å². The second-order valence-electron chi connectivity index (χ2n) is 9.38. The van der Waals surface area contributed by atoms with Gasteiger partial charge in [-0.05, 0) is 75.2 Å². The lowest BCUT2D eigenvalue weighted by Gasteiger charge is -2.24. The fourth-order valence-electron chi connectivity index (χ4n) is 5.17. The van der Waals surface area contributed by atoms with E-state index in [1.807, 2.05) is 13.0 Å². The molecule has 1 aliphatic carbocycles. The quantitative estimate of drug-likeness (QED) is 0.426. The minimum Gasteiger partial charge on any atom is -0.324 e. The molecule has 4 rings (SSSR count). The predicted molar refractivity (Wildman–Crippen MR) is 146 cm³/mol. The van der Waals surface area contributed by atoms with Crippen molar-refractivity contribution in [1.82, 2.24) is 14.5 Å². The van der Waals surface area contributed by atoms with Gasteiger partial charge in [0, 0.05) is 10.6 Å². The van der Waals surface area contributed by atoms with Gasteiger partial charge in [-0.2, -0.15) is 0 Å².